The number of carbonyl (C=O) groups excluding carboxylic acids is 1. The van der Waals surface area contributed by atoms with Crippen molar-refractivity contribution in [3.8, 4) is 0 Å². The Morgan fingerprint density at radius 3 is 2.65 bits per heavy atom. The summed E-state index contributed by atoms with van der Waals surface area (Å²) in [6.07, 6.45) is 5.97. The van der Waals surface area contributed by atoms with Gasteiger partial charge in [-0.2, -0.15) is 0 Å². The summed E-state index contributed by atoms with van der Waals surface area (Å²) in [6, 6.07) is 0.332. The van der Waals surface area contributed by atoms with Crippen LogP contribution in [-0.2, 0) is 23.2 Å². The van der Waals surface area contributed by atoms with Crippen LogP contribution in [0, 0.1) is 5.41 Å². The Balaban J connectivity index is 0.000000595. The van der Waals surface area contributed by atoms with Crippen LogP contribution >= 0.6 is 0 Å². The molecule has 1 N–H and O–H groups in total. The predicted molar refractivity (Wildman–Crippen MR) is 85.7 cm³/mol. The summed E-state index contributed by atoms with van der Waals surface area (Å²) < 4.78 is 2.06. The molecule has 1 unspecified atom stereocenters. The molecule has 3 heterocycles. The Kier molecular flexibility index (Phi) is 5.41. The molecule has 3 rings (SSSR count). The molecule has 0 saturated carbocycles. The van der Waals surface area contributed by atoms with Crippen LogP contribution in [0.15, 0.2) is 12.4 Å². The number of amides is 1. The first-order valence-electron chi connectivity index (χ1n) is 8.01. The fraction of sp³-hybridized carbons (Fsp3) is 0.688. The molecule has 0 bridgehead atoms. The summed E-state index contributed by atoms with van der Waals surface area (Å²) >= 11 is 0. The van der Waals surface area contributed by atoms with E-state index in [9.17, 15) is 4.79 Å². The summed E-state index contributed by atoms with van der Waals surface area (Å²) in [6.45, 7) is 7.69. The zero-order chi connectivity index (χ0) is 17.0. The fourth-order valence-corrected chi connectivity index (χ4v) is 3.51. The third kappa shape index (κ3) is 3.55. The topological polar surface area (TPSA) is 78.7 Å². The van der Waals surface area contributed by atoms with Crippen LogP contribution in [0.5, 0.6) is 0 Å². The maximum absolute atomic E-state index is 12.5. The number of aromatic nitrogens is 2. The lowest BCUT2D eigenvalue weighted by Crippen LogP contribution is -2.68. The molecule has 0 aliphatic carbocycles. The Morgan fingerprint density at radius 2 is 2.13 bits per heavy atom. The fourth-order valence-electron chi connectivity index (χ4n) is 3.51. The SMILES string of the molecule is CC(C)N1CC2(CCCN(Cc3nccn3C)C2)C1=O.O=CO. The number of nitrogens with zero attached hydrogens (tertiary/aromatic N) is 4. The molecule has 1 aromatic rings. The lowest BCUT2D eigenvalue weighted by Gasteiger charge is -2.54. The van der Waals surface area contributed by atoms with Crippen LogP contribution in [0.3, 0.4) is 0 Å². The van der Waals surface area contributed by atoms with Gasteiger partial charge in [0.05, 0.1) is 12.0 Å². The summed E-state index contributed by atoms with van der Waals surface area (Å²) in [7, 11) is 2.02. The van der Waals surface area contributed by atoms with E-state index in [2.05, 4.69) is 28.3 Å². The minimum Gasteiger partial charge on any atom is -0.483 e. The molecule has 1 aromatic heterocycles. The average Bonchev–Trinajstić information content (AvgIpc) is 2.91. The monoisotopic (exact) mass is 322 g/mol. The molecule has 7 nitrogen and oxygen atoms in total. The number of piperidine rings is 1. The number of carbonyl (C=O) groups is 2. The molecule has 2 aliphatic heterocycles. The second kappa shape index (κ2) is 7.12. The van der Waals surface area contributed by atoms with Crippen LogP contribution in [0.1, 0.15) is 32.5 Å². The lowest BCUT2D eigenvalue weighted by atomic mass is 9.72. The number of imidazole rings is 1. The van der Waals surface area contributed by atoms with Gasteiger partial charge < -0.3 is 14.6 Å². The number of hydrogen-bond acceptors (Lipinski definition) is 4. The molecule has 0 aromatic carbocycles. The second-order valence-electron chi connectivity index (χ2n) is 6.68. The van der Waals surface area contributed by atoms with Crippen LogP contribution in [0.25, 0.3) is 0 Å². The molecule has 7 heteroatoms. The van der Waals surface area contributed by atoms with E-state index in [-0.39, 0.29) is 11.9 Å². The van der Waals surface area contributed by atoms with Gasteiger partial charge in [-0.25, -0.2) is 4.98 Å². The second-order valence-corrected chi connectivity index (χ2v) is 6.68. The highest BCUT2D eigenvalue weighted by Crippen LogP contribution is 2.41. The number of β-lactam (4-membered cyclic amide) rings is 1. The van der Waals surface area contributed by atoms with Gasteiger partial charge in [0, 0.05) is 38.6 Å². The van der Waals surface area contributed by atoms with Gasteiger partial charge >= 0.3 is 0 Å². The van der Waals surface area contributed by atoms with Gasteiger partial charge in [-0.3, -0.25) is 14.5 Å². The number of hydrogen-bond donors (Lipinski definition) is 1. The van der Waals surface area contributed by atoms with Gasteiger partial charge in [-0.1, -0.05) is 0 Å². The van der Waals surface area contributed by atoms with Crippen molar-refractivity contribution in [3.05, 3.63) is 18.2 Å². The Bertz CT molecular complexity index is 557. The highest BCUT2D eigenvalue weighted by molar-refractivity contribution is 5.89. The maximum Gasteiger partial charge on any atom is 0.290 e. The molecule has 2 fully saturated rings. The van der Waals surface area contributed by atoms with E-state index >= 15 is 0 Å². The average molecular weight is 322 g/mol. The van der Waals surface area contributed by atoms with E-state index in [1.165, 1.54) is 0 Å². The van der Waals surface area contributed by atoms with Crippen molar-refractivity contribution in [2.45, 2.75) is 39.3 Å². The molecule has 1 spiro atoms. The number of aryl methyl sites for hydroxylation is 1. The normalized spacial score (nSPS) is 24.3. The number of rotatable bonds is 3. The van der Waals surface area contributed by atoms with Crippen molar-refractivity contribution in [1.29, 1.82) is 0 Å². The Hall–Kier alpha value is -1.89. The zero-order valence-electron chi connectivity index (χ0n) is 14.1. The smallest absolute Gasteiger partial charge is 0.290 e. The van der Waals surface area contributed by atoms with Crippen molar-refractivity contribution in [3.63, 3.8) is 0 Å². The van der Waals surface area contributed by atoms with Gasteiger partial charge in [0.25, 0.3) is 6.47 Å². The van der Waals surface area contributed by atoms with Gasteiger partial charge in [0.2, 0.25) is 5.91 Å². The van der Waals surface area contributed by atoms with Crippen LogP contribution in [-0.4, -0.2) is 62.5 Å². The van der Waals surface area contributed by atoms with Crippen LogP contribution in [0.4, 0.5) is 0 Å². The number of likely N-dealkylation sites (tertiary alicyclic amines) is 2. The minimum atomic E-state index is -0.250. The first kappa shape index (κ1) is 17.5. The first-order chi connectivity index (χ1) is 10.9. The van der Waals surface area contributed by atoms with E-state index in [4.69, 9.17) is 9.90 Å². The van der Waals surface area contributed by atoms with E-state index in [0.717, 1.165) is 44.8 Å². The molecule has 1 amide bonds. The van der Waals surface area contributed by atoms with Crippen molar-refractivity contribution in [1.82, 2.24) is 19.4 Å². The summed E-state index contributed by atoms with van der Waals surface area (Å²) in [5.74, 6) is 1.44. The molecule has 0 radical (unpaired) electrons. The molecule has 2 aliphatic rings. The van der Waals surface area contributed by atoms with Crippen molar-refractivity contribution in [2.24, 2.45) is 12.5 Å². The molecule has 2 saturated heterocycles. The van der Waals surface area contributed by atoms with Crippen LogP contribution < -0.4 is 0 Å². The van der Waals surface area contributed by atoms with E-state index in [0.29, 0.717) is 11.9 Å². The third-order valence-corrected chi connectivity index (χ3v) is 4.75. The van der Waals surface area contributed by atoms with Gasteiger partial charge in [0.1, 0.15) is 5.82 Å². The summed E-state index contributed by atoms with van der Waals surface area (Å²) in [5, 5.41) is 6.89. The molecule has 1 atom stereocenters. The Labute approximate surface area is 136 Å². The zero-order valence-corrected chi connectivity index (χ0v) is 14.1. The predicted octanol–water partition coefficient (Wildman–Crippen LogP) is 0.954. The van der Waals surface area contributed by atoms with Gasteiger partial charge in [-0.15, -0.1) is 0 Å². The van der Waals surface area contributed by atoms with E-state index in [1.54, 1.807) is 0 Å². The van der Waals surface area contributed by atoms with E-state index < -0.39 is 0 Å². The summed E-state index contributed by atoms with van der Waals surface area (Å²) in [5.41, 5.74) is -0.103. The maximum atomic E-state index is 12.5. The van der Waals surface area contributed by atoms with Gasteiger partial charge in [-0.05, 0) is 33.2 Å². The minimum absolute atomic E-state index is 0.103. The summed E-state index contributed by atoms with van der Waals surface area (Å²) in [4.78, 5) is 29.6. The number of carboxylic acid groups (broad SMARTS) is 1. The third-order valence-electron chi connectivity index (χ3n) is 4.75. The molecule has 128 valence electrons. The highest BCUT2D eigenvalue weighted by Gasteiger charge is 2.54. The van der Waals surface area contributed by atoms with Crippen molar-refractivity contribution < 1.29 is 14.7 Å². The molecular weight excluding hydrogens is 296 g/mol. The standard InChI is InChI=1S/C15H24N4O.CH2O2/c1-12(2)19-11-15(14(19)20)5-4-7-18(10-15)9-13-16-6-8-17(13)3;2-1-3/h6,8,12H,4-5,7,9-11H2,1-3H3;1H,(H,2,3). The Morgan fingerprint density at radius 1 is 1.43 bits per heavy atom. The lowest BCUT2D eigenvalue weighted by molar-refractivity contribution is -0.169. The first-order valence-corrected chi connectivity index (χ1v) is 8.01. The van der Waals surface area contributed by atoms with Gasteiger partial charge in [0.15, 0.2) is 0 Å². The highest BCUT2D eigenvalue weighted by atomic mass is 16.3. The molecule has 23 heavy (non-hydrogen) atoms. The van der Waals surface area contributed by atoms with E-state index in [1.807, 2.05) is 24.3 Å². The van der Waals surface area contributed by atoms with Crippen molar-refractivity contribution in [2.75, 3.05) is 19.6 Å². The quantitative estimate of drug-likeness (QED) is 0.662. The largest absolute Gasteiger partial charge is 0.483 e. The molecular formula is C16H26N4O3. The van der Waals surface area contributed by atoms with Crippen molar-refractivity contribution >= 4 is 12.4 Å². The van der Waals surface area contributed by atoms with Crippen LogP contribution in [0.2, 0.25) is 0 Å².